The lowest BCUT2D eigenvalue weighted by atomic mass is 10.4. The van der Waals surface area contributed by atoms with Gasteiger partial charge in [0.1, 0.15) is 0 Å². The maximum absolute atomic E-state index is 10.9. The van der Waals surface area contributed by atoms with Crippen molar-refractivity contribution in [3.05, 3.63) is 12.4 Å². The first-order chi connectivity index (χ1) is 3.27. The SMILES string of the molecule is N.O=C(O)CC=CF. The zero-order chi connectivity index (χ0) is 5.70. The molecule has 48 valence electrons. The summed E-state index contributed by atoms with van der Waals surface area (Å²) in [6.45, 7) is 0. The van der Waals surface area contributed by atoms with Crippen LogP contribution in [0, 0.1) is 0 Å². The van der Waals surface area contributed by atoms with Crippen molar-refractivity contribution in [2.75, 3.05) is 0 Å². The molecule has 0 saturated carbocycles. The van der Waals surface area contributed by atoms with Gasteiger partial charge >= 0.3 is 5.97 Å². The number of hydrogen-bond donors (Lipinski definition) is 2. The third-order valence-corrected chi connectivity index (χ3v) is 0.382. The highest BCUT2D eigenvalue weighted by atomic mass is 19.1. The molecule has 0 radical (unpaired) electrons. The largest absolute Gasteiger partial charge is 0.481 e. The predicted octanol–water partition coefficient (Wildman–Crippen LogP) is 1.11. The van der Waals surface area contributed by atoms with Gasteiger partial charge in [-0.2, -0.15) is 0 Å². The Hall–Kier alpha value is -0.900. The highest BCUT2D eigenvalue weighted by Crippen LogP contribution is 1.80. The van der Waals surface area contributed by atoms with Crippen molar-refractivity contribution in [2.24, 2.45) is 0 Å². The van der Waals surface area contributed by atoms with Gasteiger partial charge in [-0.25, -0.2) is 4.39 Å². The highest BCUT2D eigenvalue weighted by Gasteiger charge is 1.86. The number of halogens is 1. The van der Waals surface area contributed by atoms with Crippen molar-refractivity contribution in [3.63, 3.8) is 0 Å². The molecule has 0 saturated heterocycles. The summed E-state index contributed by atoms with van der Waals surface area (Å²) in [5, 5.41) is 7.83. The summed E-state index contributed by atoms with van der Waals surface area (Å²) in [4.78, 5) is 9.54. The molecule has 0 heterocycles. The van der Waals surface area contributed by atoms with Gasteiger partial charge in [-0.1, -0.05) is 0 Å². The first-order valence-corrected chi connectivity index (χ1v) is 1.74. The molecule has 0 aliphatic carbocycles. The van der Waals surface area contributed by atoms with Crippen molar-refractivity contribution < 1.29 is 14.3 Å². The van der Waals surface area contributed by atoms with E-state index in [2.05, 4.69) is 0 Å². The van der Waals surface area contributed by atoms with Gasteiger partial charge in [0.2, 0.25) is 0 Å². The molecule has 0 atom stereocenters. The van der Waals surface area contributed by atoms with Crippen LogP contribution in [0.1, 0.15) is 6.42 Å². The van der Waals surface area contributed by atoms with Crippen LogP contribution in [-0.4, -0.2) is 11.1 Å². The van der Waals surface area contributed by atoms with E-state index in [-0.39, 0.29) is 18.9 Å². The van der Waals surface area contributed by atoms with Crippen LogP contribution in [0.4, 0.5) is 4.39 Å². The molecule has 0 spiro atoms. The Balaban J connectivity index is 0. The molecule has 8 heavy (non-hydrogen) atoms. The number of hydrogen-bond acceptors (Lipinski definition) is 2. The van der Waals surface area contributed by atoms with Crippen LogP contribution in [-0.2, 0) is 4.79 Å². The molecule has 0 fully saturated rings. The van der Waals surface area contributed by atoms with Gasteiger partial charge < -0.3 is 11.3 Å². The van der Waals surface area contributed by atoms with Gasteiger partial charge in [0.05, 0.1) is 12.8 Å². The average molecular weight is 121 g/mol. The molecule has 0 amide bonds. The van der Waals surface area contributed by atoms with Crippen LogP contribution in [0.3, 0.4) is 0 Å². The van der Waals surface area contributed by atoms with Crippen molar-refractivity contribution in [1.82, 2.24) is 6.15 Å². The summed E-state index contributed by atoms with van der Waals surface area (Å²) in [7, 11) is 0. The summed E-state index contributed by atoms with van der Waals surface area (Å²) < 4.78 is 10.9. The lowest BCUT2D eigenvalue weighted by Crippen LogP contribution is -1.88. The van der Waals surface area contributed by atoms with E-state index in [4.69, 9.17) is 5.11 Å². The van der Waals surface area contributed by atoms with E-state index < -0.39 is 5.97 Å². The molecule has 0 aliphatic rings. The first-order valence-electron chi connectivity index (χ1n) is 1.74. The van der Waals surface area contributed by atoms with Crippen LogP contribution in [0.5, 0.6) is 0 Å². The summed E-state index contributed by atoms with van der Waals surface area (Å²) in [5.74, 6) is -1.02. The fourth-order valence-corrected chi connectivity index (χ4v) is 0.145. The minimum Gasteiger partial charge on any atom is -0.481 e. The molecule has 0 aliphatic heterocycles. The summed E-state index contributed by atoms with van der Waals surface area (Å²) in [5.41, 5.74) is 0. The second-order valence-electron chi connectivity index (χ2n) is 0.960. The van der Waals surface area contributed by atoms with E-state index >= 15 is 0 Å². The van der Waals surface area contributed by atoms with Crippen LogP contribution in [0.2, 0.25) is 0 Å². The average Bonchev–Trinajstić information content (AvgIpc) is 1.61. The number of rotatable bonds is 2. The Kier molecular flexibility index (Phi) is 7.74. The van der Waals surface area contributed by atoms with Crippen molar-refractivity contribution >= 4 is 5.97 Å². The molecule has 0 aromatic heterocycles. The van der Waals surface area contributed by atoms with E-state index in [1.54, 1.807) is 0 Å². The van der Waals surface area contributed by atoms with Crippen LogP contribution >= 0.6 is 0 Å². The monoisotopic (exact) mass is 121 g/mol. The van der Waals surface area contributed by atoms with E-state index in [1.807, 2.05) is 0 Å². The molecule has 4 heteroatoms. The number of carbonyl (C=O) groups is 1. The van der Waals surface area contributed by atoms with Gasteiger partial charge in [0.25, 0.3) is 0 Å². The molecule has 0 unspecified atom stereocenters. The topological polar surface area (TPSA) is 72.3 Å². The molecule has 3 nitrogen and oxygen atoms in total. The Labute approximate surface area is 46.4 Å². The smallest absolute Gasteiger partial charge is 0.307 e. The van der Waals surface area contributed by atoms with Gasteiger partial charge in [0, 0.05) is 0 Å². The Morgan fingerprint density at radius 2 is 2.25 bits per heavy atom. The van der Waals surface area contributed by atoms with Gasteiger partial charge in [-0.15, -0.1) is 0 Å². The second kappa shape index (κ2) is 6.10. The summed E-state index contributed by atoms with van der Waals surface area (Å²) in [6, 6.07) is 0. The van der Waals surface area contributed by atoms with Crippen molar-refractivity contribution in [1.29, 1.82) is 0 Å². The highest BCUT2D eigenvalue weighted by molar-refractivity contribution is 5.68. The number of aliphatic carboxylic acids is 1. The maximum Gasteiger partial charge on any atom is 0.307 e. The predicted molar refractivity (Wildman–Crippen MR) is 27.5 cm³/mol. The molecule has 0 aromatic carbocycles. The first kappa shape index (κ1) is 10.2. The Morgan fingerprint density at radius 1 is 1.75 bits per heavy atom. The molecular formula is C4H8FNO2. The number of carboxylic acids is 1. The van der Waals surface area contributed by atoms with E-state index in [0.29, 0.717) is 0 Å². The number of carboxylic acid groups (broad SMARTS) is 1. The molecule has 0 rings (SSSR count). The van der Waals surface area contributed by atoms with E-state index in [0.717, 1.165) is 6.08 Å². The Bertz CT molecular complexity index is 92.0. The minimum atomic E-state index is -1.02. The minimum absolute atomic E-state index is 0. The molecular weight excluding hydrogens is 113 g/mol. The van der Waals surface area contributed by atoms with Crippen molar-refractivity contribution in [3.8, 4) is 0 Å². The van der Waals surface area contributed by atoms with Gasteiger partial charge in [-0.3, -0.25) is 4.79 Å². The molecule has 0 aromatic rings. The van der Waals surface area contributed by atoms with E-state index in [9.17, 15) is 9.18 Å². The quantitative estimate of drug-likeness (QED) is 0.574. The van der Waals surface area contributed by atoms with Gasteiger partial charge in [-0.05, 0) is 6.08 Å². The van der Waals surface area contributed by atoms with Crippen molar-refractivity contribution in [2.45, 2.75) is 6.42 Å². The zero-order valence-electron chi connectivity index (χ0n) is 4.30. The lowest BCUT2D eigenvalue weighted by Gasteiger charge is -1.76. The zero-order valence-corrected chi connectivity index (χ0v) is 4.30. The third-order valence-electron chi connectivity index (χ3n) is 0.382. The normalized spacial score (nSPS) is 8.62. The summed E-state index contributed by atoms with van der Waals surface area (Å²) in [6.07, 6.45) is 0.910. The standard InChI is InChI=1S/C4H5FO2.H3N/c5-3-1-2-4(6)7;/h1,3H,2H2,(H,6,7);1H3. The second-order valence-corrected chi connectivity index (χ2v) is 0.960. The summed E-state index contributed by atoms with van der Waals surface area (Å²) >= 11 is 0. The third kappa shape index (κ3) is 8.92. The van der Waals surface area contributed by atoms with Crippen LogP contribution < -0.4 is 6.15 Å². The Morgan fingerprint density at radius 3 is 2.38 bits per heavy atom. The molecule has 4 N–H and O–H groups in total. The van der Waals surface area contributed by atoms with Crippen LogP contribution in [0.25, 0.3) is 0 Å². The van der Waals surface area contributed by atoms with Crippen LogP contribution in [0.15, 0.2) is 12.4 Å². The fourth-order valence-electron chi connectivity index (χ4n) is 0.145. The maximum atomic E-state index is 10.9. The van der Waals surface area contributed by atoms with Gasteiger partial charge in [0.15, 0.2) is 0 Å². The lowest BCUT2D eigenvalue weighted by molar-refractivity contribution is -0.136. The van der Waals surface area contributed by atoms with E-state index in [1.165, 1.54) is 0 Å². The molecule has 0 bridgehead atoms. The fraction of sp³-hybridized carbons (Fsp3) is 0.250.